The van der Waals surface area contributed by atoms with Crippen molar-refractivity contribution in [1.82, 2.24) is 14.9 Å². The zero-order chi connectivity index (χ0) is 24.1. The summed E-state index contributed by atoms with van der Waals surface area (Å²) >= 11 is 1.63. The van der Waals surface area contributed by atoms with Gasteiger partial charge in [-0.25, -0.2) is 9.97 Å². The lowest BCUT2D eigenvalue weighted by atomic mass is 9.92. The molecule has 0 atom stereocenters. The average molecular weight is 475 g/mol. The number of carbonyl (C=O) groups excluding carboxylic acids is 1. The van der Waals surface area contributed by atoms with Crippen molar-refractivity contribution in [3.8, 4) is 0 Å². The molecule has 1 fully saturated rings. The monoisotopic (exact) mass is 474 g/mol. The van der Waals surface area contributed by atoms with Gasteiger partial charge in [-0.2, -0.15) is 0 Å². The predicted molar refractivity (Wildman–Crippen MR) is 140 cm³/mol. The summed E-state index contributed by atoms with van der Waals surface area (Å²) in [5.74, 6) is 1.78. The summed E-state index contributed by atoms with van der Waals surface area (Å²) < 4.78 is 0. The van der Waals surface area contributed by atoms with Crippen molar-refractivity contribution in [2.75, 3.05) is 25.0 Å². The molecule has 0 unspecified atom stereocenters. The zero-order valence-corrected chi connectivity index (χ0v) is 21.4. The molecule has 0 N–H and O–H groups in total. The fourth-order valence-electron chi connectivity index (χ4n) is 4.06. The Morgan fingerprint density at radius 2 is 1.68 bits per heavy atom. The topological polar surface area (TPSA) is 49.3 Å². The molecule has 3 aromatic rings. The van der Waals surface area contributed by atoms with E-state index in [-0.39, 0.29) is 11.3 Å². The van der Waals surface area contributed by atoms with Gasteiger partial charge in [-0.3, -0.25) is 4.79 Å². The van der Waals surface area contributed by atoms with Crippen LogP contribution in [0.1, 0.15) is 60.8 Å². The second kappa shape index (κ2) is 10.6. The first-order valence-electron chi connectivity index (χ1n) is 12.0. The quantitative estimate of drug-likeness (QED) is 0.313. The van der Waals surface area contributed by atoms with E-state index in [9.17, 15) is 4.79 Å². The molecule has 34 heavy (non-hydrogen) atoms. The van der Waals surface area contributed by atoms with Crippen molar-refractivity contribution < 1.29 is 4.79 Å². The van der Waals surface area contributed by atoms with Crippen LogP contribution in [0.5, 0.6) is 0 Å². The molecule has 1 amide bonds. The Labute approximate surface area is 207 Å². The van der Waals surface area contributed by atoms with Gasteiger partial charge in [-0.1, -0.05) is 75.0 Å². The van der Waals surface area contributed by atoms with Gasteiger partial charge in [0.25, 0.3) is 5.91 Å². The van der Waals surface area contributed by atoms with Crippen LogP contribution in [0.3, 0.4) is 0 Å². The standard InChI is InChI=1S/C28H34N4OS/c1-28(2,3)24-18-25(32-15-8-9-16-32)30-27(29-24)34-20-22-13-10-14-23(17-22)26(33)31(4)19-21-11-6-5-7-12-21/h5-7,10-14,17-18H,8-9,15-16,19-20H2,1-4H3. The van der Waals surface area contributed by atoms with Crippen LogP contribution in [0.4, 0.5) is 5.82 Å². The zero-order valence-electron chi connectivity index (χ0n) is 20.6. The molecule has 2 heterocycles. The van der Waals surface area contributed by atoms with Crippen molar-refractivity contribution in [2.45, 2.75) is 56.5 Å². The number of nitrogens with zero attached hydrogens (tertiary/aromatic N) is 4. The number of benzene rings is 2. The molecular weight excluding hydrogens is 440 g/mol. The van der Waals surface area contributed by atoms with Crippen LogP contribution in [-0.4, -0.2) is 40.9 Å². The highest BCUT2D eigenvalue weighted by Gasteiger charge is 2.22. The number of anilines is 1. The summed E-state index contributed by atoms with van der Waals surface area (Å²) in [6.45, 7) is 9.29. The Balaban J connectivity index is 1.47. The first kappa shape index (κ1) is 24.3. The van der Waals surface area contributed by atoms with E-state index in [1.807, 2.05) is 55.6 Å². The minimum Gasteiger partial charge on any atom is -0.356 e. The van der Waals surface area contributed by atoms with Crippen molar-refractivity contribution in [3.63, 3.8) is 0 Å². The summed E-state index contributed by atoms with van der Waals surface area (Å²) in [4.78, 5) is 26.9. The van der Waals surface area contributed by atoms with E-state index < -0.39 is 0 Å². The van der Waals surface area contributed by atoms with Gasteiger partial charge in [0, 0.05) is 49.5 Å². The number of thioether (sulfide) groups is 1. The smallest absolute Gasteiger partial charge is 0.253 e. The summed E-state index contributed by atoms with van der Waals surface area (Å²) in [6, 6.07) is 20.1. The molecule has 6 heteroatoms. The second-order valence-corrected chi connectivity index (χ2v) is 10.9. The van der Waals surface area contributed by atoms with E-state index in [0.717, 1.165) is 46.6 Å². The SMILES string of the molecule is CN(Cc1ccccc1)C(=O)c1cccc(CSc2nc(N3CCCC3)cc(C(C)(C)C)n2)c1. The maximum absolute atomic E-state index is 13.0. The maximum atomic E-state index is 13.0. The highest BCUT2D eigenvalue weighted by molar-refractivity contribution is 7.98. The van der Waals surface area contributed by atoms with Crippen LogP contribution < -0.4 is 4.90 Å². The van der Waals surface area contributed by atoms with E-state index in [1.165, 1.54) is 12.8 Å². The van der Waals surface area contributed by atoms with Crippen molar-refractivity contribution in [1.29, 1.82) is 0 Å². The summed E-state index contributed by atoms with van der Waals surface area (Å²) in [7, 11) is 1.85. The van der Waals surface area contributed by atoms with Crippen LogP contribution in [0.25, 0.3) is 0 Å². The second-order valence-electron chi connectivity index (χ2n) is 9.97. The third-order valence-electron chi connectivity index (χ3n) is 6.04. The van der Waals surface area contributed by atoms with E-state index in [2.05, 4.69) is 37.8 Å². The highest BCUT2D eigenvalue weighted by Crippen LogP contribution is 2.29. The molecule has 0 radical (unpaired) electrons. The summed E-state index contributed by atoms with van der Waals surface area (Å²) in [5.41, 5.74) is 3.95. The van der Waals surface area contributed by atoms with E-state index >= 15 is 0 Å². The van der Waals surface area contributed by atoms with Crippen LogP contribution in [0, 0.1) is 0 Å². The minimum atomic E-state index is -0.0393. The van der Waals surface area contributed by atoms with E-state index in [1.54, 1.807) is 16.7 Å². The number of aromatic nitrogens is 2. The van der Waals surface area contributed by atoms with Crippen molar-refractivity contribution >= 4 is 23.5 Å². The fourth-order valence-corrected chi connectivity index (χ4v) is 4.86. The first-order valence-corrected chi connectivity index (χ1v) is 12.9. The Morgan fingerprint density at radius 3 is 2.38 bits per heavy atom. The van der Waals surface area contributed by atoms with Crippen molar-refractivity contribution in [3.05, 3.63) is 83.0 Å². The molecular formula is C28H34N4OS. The van der Waals surface area contributed by atoms with Gasteiger partial charge in [-0.05, 0) is 36.1 Å². The van der Waals surface area contributed by atoms with E-state index in [0.29, 0.717) is 12.1 Å². The molecule has 0 bridgehead atoms. The maximum Gasteiger partial charge on any atom is 0.253 e. The molecule has 0 saturated carbocycles. The predicted octanol–water partition coefficient (Wildman–Crippen LogP) is 5.94. The van der Waals surface area contributed by atoms with Gasteiger partial charge in [0.1, 0.15) is 5.82 Å². The van der Waals surface area contributed by atoms with E-state index in [4.69, 9.17) is 9.97 Å². The molecule has 5 nitrogen and oxygen atoms in total. The molecule has 1 saturated heterocycles. The Morgan fingerprint density at radius 1 is 0.971 bits per heavy atom. The fraction of sp³-hybridized carbons (Fsp3) is 0.393. The van der Waals surface area contributed by atoms with Gasteiger partial charge in [0.05, 0.1) is 5.69 Å². The molecule has 1 aliphatic heterocycles. The Kier molecular flexibility index (Phi) is 7.57. The van der Waals surface area contributed by atoms with Gasteiger partial charge in [-0.15, -0.1) is 0 Å². The normalized spacial score (nSPS) is 13.8. The lowest BCUT2D eigenvalue weighted by Gasteiger charge is -2.23. The number of rotatable bonds is 7. The molecule has 2 aromatic carbocycles. The highest BCUT2D eigenvalue weighted by atomic mass is 32.2. The number of hydrogen-bond donors (Lipinski definition) is 0. The molecule has 1 aliphatic rings. The van der Waals surface area contributed by atoms with Gasteiger partial charge in [0.15, 0.2) is 5.16 Å². The van der Waals surface area contributed by atoms with Crippen LogP contribution >= 0.6 is 11.8 Å². The third-order valence-corrected chi connectivity index (χ3v) is 6.96. The average Bonchev–Trinajstić information content (AvgIpc) is 3.37. The molecule has 4 rings (SSSR count). The molecule has 1 aromatic heterocycles. The largest absolute Gasteiger partial charge is 0.356 e. The molecule has 178 valence electrons. The van der Waals surface area contributed by atoms with Gasteiger partial charge >= 0.3 is 0 Å². The van der Waals surface area contributed by atoms with Crippen LogP contribution in [-0.2, 0) is 17.7 Å². The Bertz CT molecular complexity index is 1120. The van der Waals surface area contributed by atoms with Crippen LogP contribution in [0.15, 0.2) is 65.8 Å². The summed E-state index contributed by atoms with van der Waals surface area (Å²) in [5, 5.41) is 0.798. The van der Waals surface area contributed by atoms with Gasteiger partial charge in [0.2, 0.25) is 0 Å². The Hall–Kier alpha value is -2.86. The lowest BCUT2D eigenvalue weighted by molar-refractivity contribution is 0.0785. The first-order chi connectivity index (χ1) is 16.3. The number of carbonyl (C=O) groups is 1. The van der Waals surface area contributed by atoms with Crippen molar-refractivity contribution in [2.24, 2.45) is 0 Å². The number of hydrogen-bond acceptors (Lipinski definition) is 5. The third kappa shape index (κ3) is 6.17. The molecule has 0 spiro atoms. The lowest BCUT2D eigenvalue weighted by Crippen LogP contribution is -2.26. The number of amides is 1. The van der Waals surface area contributed by atoms with Crippen LogP contribution in [0.2, 0.25) is 0 Å². The summed E-state index contributed by atoms with van der Waals surface area (Å²) in [6.07, 6.45) is 2.44. The van der Waals surface area contributed by atoms with Gasteiger partial charge < -0.3 is 9.80 Å². The minimum absolute atomic E-state index is 0.0259. The molecule has 0 aliphatic carbocycles.